The Kier molecular flexibility index (Phi) is 4.71. The summed E-state index contributed by atoms with van der Waals surface area (Å²) in [5.41, 5.74) is 1.23. The van der Waals surface area contributed by atoms with E-state index in [0.717, 1.165) is 9.13 Å². The first kappa shape index (κ1) is 16.8. The van der Waals surface area contributed by atoms with Gasteiger partial charge in [0.25, 0.3) is 3.57 Å². The summed E-state index contributed by atoms with van der Waals surface area (Å²) >= 11 is -0.856. The molecule has 0 bridgehead atoms. The molecule has 0 fully saturated rings. The fourth-order valence-corrected chi connectivity index (χ4v) is 5.26. The molecule has 0 unspecified atom stereocenters. The zero-order chi connectivity index (χ0) is 17.9. The van der Waals surface area contributed by atoms with Crippen LogP contribution in [0.15, 0.2) is 83.8 Å². The summed E-state index contributed by atoms with van der Waals surface area (Å²) < 4.78 is 3.07. The number of halogens is 1. The quantitative estimate of drug-likeness (QED) is 0.397. The van der Waals surface area contributed by atoms with E-state index in [9.17, 15) is 9.90 Å². The number of rotatable bonds is 4. The Balaban J connectivity index is 1.91. The summed E-state index contributed by atoms with van der Waals surface area (Å²) in [6.07, 6.45) is 1.62. The van der Waals surface area contributed by atoms with Crippen LogP contribution in [0.3, 0.4) is 0 Å². The van der Waals surface area contributed by atoms with E-state index in [2.05, 4.69) is 4.98 Å². The van der Waals surface area contributed by atoms with Gasteiger partial charge in [0.05, 0.1) is 6.54 Å². The van der Waals surface area contributed by atoms with Crippen molar-refractivity contribution in [2.45, 2.75) is 6.54 Å². The van der Waals surface area contributed by atoms with Crippen LogP contribution in [0.1, 0.15) is 5.56 Å². The van der Waals surface area contributed by atoms with Crippen LogP contribution in [0.25, 0.3) is 11.0 Å². The van der Waals surface area contributed by atoms with Gasteiger partial charge in [-0.1, -0.05) is 54.6 Å². The van der Waals surface area contributed by atoms with Gasteiger partial charge in [-0.05, 0) is 29.5 Å². The third-order valence-electron chi connectivity index (χ3n) is 4.04. The van der Waals surface area contributed by atoms with Crippen molar-refractivity contribution in [2.24, 2.45) is 0 Å². The highest BCUT2D eigenvalue weighted by atomic mass is 127. The van der Waals surface area contributed by atoms with Crippen LogP contribution in [-0.4, -0.2) is 9.55 Å². The lowest BCUT2D eigenvalue weighted by molar-refractivity contribution is -0.605. The Morgan fingerprint density at radius 3 is 2.35 bits per heavy atom. The molecule has 4 nitrogen and oxygen atoms in total. The van der Waals surface area contributed by atoms with Crippen LogP contribution < -0.4 is 31.9 Å². The zero-order valence-electron chi connectivity index (χ0n) is 13.8. The van der Waals surface area contributed by atoms with E-state index in [1.165, 1.54) is 0 Å². The maximum absolute atomic E-state index is 13.2. The third-order valence-corrected chi connectivity index (χ3v) is 6.87. The van der Waals surface area contributed by atoms with Crippen molar-refractivity contribution in [2.75, 3.05) is 0 Å². The van der Waals surface area contributed by atoms with E-state index in [0.29, 0.717) is 21.1 Å². The monoisotopic (exact) mass is 454 g/mol. The molecule has 0 aliphatic rings. The fourth-order valence-electron chi connectivity index (χ4n) is 2.80. The van der Waals surface area contributed by atoms with Crippen molar-refractivity contribution in [3.8, 4) is 5.75 Å². The lowest BCUT2D eigenvalue weighted by Crippen LogP contribution is -3.62. The number of hydrogen-bond acceptors (Lipinski definition) is 3. The maximum Gasteiger partial charge on any atom is 0.363 e. The summed E-state index contributed by atoms with van der Waals surface area (Å²) in [5, 5.41) is 13.4. The highest BCUT2D eigenvalue weighted by Gasteiger charge is 2.25. The van der Waals surface area contributed by atoms with E-state index < -0.39 is 21.2 Å². The number of hydrogen-bond donors (Lipinski definition) is 0. The first-order chi connectivity index (χ1) is 12.7. The molecular weight excluding hydrogens is 439 g/mol. The minimum atomic E-state index is -0.856. The van der Waals surface area contributed by atoms with Crippen LogP contribution in [0.4, 0.5) is 0 Å². The topological polar surface area (TPSA) is 57.9 Å². The van der Waals surface area contributed by atoms with Crippen LogP contribution in [0, 0.1) is 7.14 Å². The Hall–Kier alpha value is -2.67. The maximum atomic E-state index is 13.2. The minimum Gasteiger partial charge on any atom is -0.869 e. The second-order valence-corrected chi connectivity index (χ2v) is 8.65. The van der Waals surface area contributed by atoms with Crippen LogP contribution >= 0.6 is 0 Å². The zero-order valence-corrected chi connectivity index (χ0v) is 16.0. The molecule has 2 aromatic carbocycles. The van der Waals surface area contributed by atoms with E-state index in [-0.39, 0.29) is 11.3 Å². The molecule has 128 valence electrons. The second-order valence-electron chi connectivity index (χ2n) is 5.78. The summed E-state index contributed by atoms with van der Waals surface area (Å²) in [4.78, 5) is 17.5. The van der Waals surface area contributed by atoms with Crippen LogP contribution in [-0.2, 0) is 6.54 Å². The number of aromatic nitrogens is 2. The minimum absolute atomic E-state index is 0.181. The molecule has 0 saturated heterocycles. The predicted octanol–water partition coefficient (Wildman–Crippen LogP) is -0.353. The summed E-state index contributed by atoms with van der Waals surface area (Å²) in [6.45, 7) is 0.402. The van der Waals surface area contributed by atoms with Crippen LogP contribution in [0.5, 0.6) is 5.75 Å². The van der Waals surface area contributed by atoms with Gasteiger partial charge >= 0.3 is 26.8 Å². The van der Waals surface area contributed by atoms with Gasteiger partial charge in [0.2, 0.25) is 0 Å². The molecule has 0 aliphatic heterocycles. The molecule has 4 rings (SSSR count). The molecule has 0 atom stereocenters. The Morgan fingerprint density at radius 1 is 0.923 bits per heavy atom. The summed E-state index contributed by atoms with van der Waals surface area (Å²) in [7, 11) is 0. The molecule has 26 heavy (non-hydrogen) atoms. The van der Waals surface area contributed by atoms with Gasteiger partial charge in [-0.3, -0.25) is 9.36 Å². The molecule has 0 N–H and O–H groups in total. The SMILES string of the molecule is O=c1c([I+]c2ccccc2)c([O-])c2cccnc2n1Cc1ccccc1. The molecule has 2 heterocycles. The number of fused-ring (bicyclic) bond motifs is 1. The summed E-state index contributed by atoms with van der Waals surface area (Å²) in [5.74, 6) is -0.181. The third kappa shape index (κ3) is 3.22. The second kappa shape index (κ2) is 7.29. The van der Waals surface area contributed by atoms with Gasteiger partial charge in [0, 0.05) is 11.6 Å². The van der Waals surface area contributed by atoms with Crippen molar-refractivity contribution < 1.29 is 26.3 Å². The molecule has 4 aromatic rings. The Bertz CT molecular complexity index is 1110. The molecule has 2 aromatic heterocycles. The van der Waals surface area contributed by atoms with Crippen molar-refractivity contribution in [1.29, 1.82) is 0 Å². The predicted molar refractivity (Wildman–Crippen MR) is 94.8 cm³/mol. The van der Waals surface area contributed by atoms with Crippen molar-refractivity contribution in [1.82, 2.24) is 9.55 Å². The first-order valence-electron chi connectivity index (χ1n) is 8.16. The molecule has 0 spiro atoms. The van der Waals surface area contributed by atoms with E-state index >= 15 is 0 Å². The lowest BCUT2D eigenvalue weighted by Gasteiger charge is -2.15. The van der Waals surface area contributed by atoms with Crippen LogP contribution in [0.2, 0.25) is 0 Å². The Morgan fingerprint density at radius 2 is 1.62 bits per heavy atom. The number of nitrogens with zero attached hydrogens (tertiary/aromatic N) is 2. The molecule has 5 heteroatoms. The molecule has 0 amide bonds. The van der Waals surface area contributed by atoms with E-state index in [4.69, 9.17) is 0 Å². The first-order valence-corrected chi connectivity index (χ1v) is 10.3. The molecular formula is C21H15IN2O2. The molecule has 0 radical (unpaired) electrons. The van der Waals surface area contributed by atoms with Crippen molar-refractivity contribution in [3.63, 3.8) is 0 Å². The largest absolute Gasteiger partial charge is 0.869 e. The lowest BCUT2D eigenvalue weighted by atomic mass is 10.2. The van der Waals surface area contributed by atoms with Gasteiger partial charge < -0.3 is 5.11 Å². The van der Waals surface area contributed by atoms with Gasteiger partial charge in [-0.15, -0.1) is 0 Å². The van der Waals surface area contributed by atoms with Gasteiger partial charge in [0.15, 0.2) is 3.57 Å². The van der Waals surface area contributed by atoms with Gasteiger partial charge in [-0.2, -0.15) is 0 Å². The number of benzene rings is 2. The summed E-state index contributed by atoms with van der Waals surface area (Å²) in [6, 6.07) is 23.0. The highest BCUT2D eigenvalue weighted by Crippen LogP contribution is 2.18. The fraction of sp³-hybridized carbons (Fsp3) is 0.0476. The van der Waals surface area contributed by atoms with Crippen molar-refractivity contribution in [3.05, 3.63) is 102 Å². The van der Waals surface area contributed by atoms with Gasteiger partial charge in [-0.25, -0.2) is 4.98 Å². The van der Waals surface area contributed by atoms with Crippen molar-refractivity contribution >= 4 is 11.0 Å². The normalized spacial score (nSPS) is 10.9. The van der Waals surface area contributed by atoms with E-state index in [1.54, 1.807) is 22.9 Å². The van der Waals surface area contributed by atoms with Gasteiger partial charge in [0.1, 0.15) is 5.65 Å². The molecule has 0 aliphatic carbocycles. The van der Waals surface area contributed by atoms with E-state index in [1.807, 2.05) is 60.7 Å². The smallest absolute Gasteiger partial charge is 0.363 e. The standard InChI is InChI=1S/C21H15IN2O2/c25-19-17-12-7-13-23-20(17)24(14-15-8-3-1-4-9-15)21(26)18(19)22-16-10-5-2-6-11-16/h1-13H,14H2. The molecule has 0 saturated carbocycles. The average Bonchev–Trinajstić information content (AvgIpc) is 2.70. The number of pyridine rings is 2. The highest BCUT2D eigenvalue weighted by molar-refractivity contribution is 5.81. The Labute approximate surface area is 161 Å². The average molecular weight is 454 g/mol.